The number of benzene rings is 1. The van der Waals surface area contributed by atoms with Gasteiger partial charge in [0.15, 0.2) is 5.03 Å². The fourth-order valence-electron chi connectivity index (χ4n) is 3.75. The van der Waals surface area contributed by atoms with E-state index in [1.165, 1.54) is 18.6 Å². The molecule has 0 saturated carbocycles. The first kappa shape index (κ1) is 25.0. The number of anilines is 1. The van der Waals surface area contributed by atoms with Crippen molar-refractivity contribution in [3.05, 3.63) is 36.3 Å². The van der Waals surface area contributed by atoms with Gasteiger partial charge in [-0.25, -0.2) is 4.98 Å². The summed E-state index contributed by atoms with van der Waals surface area (Å²) in [7, 11) is 3.22. The van der Waals surface area contributed by atoms with E-state index in [1.807, 2.05) is 14.0 Å². The molecule has 1 aromatic heterocycles. The minimum absolute atomic E-state index is 0.0685. The second-order valence-corrected chi connectivity index (χ2v) is 10.4. The maximum atomic E-state index is 13.2. The summed E-state index contributed by atoms with van der Waals surface area (Å²) in [6.45, 7) is 5.69. The van der Waals surface area contributed by atoms with Crippen LogP contribution in [0.4, 0.5) is 5.69 Å². The molecule has 0 fully saturated rings. The first-order valence-electron chi connectivity index (χ1n) is 10.8. The van der Waals surface area contributed by atoms with Gasteiger partial charge in [-0.15, -0.1) is 0 Å². The van der Waals surface area contributed by atoms with E-state index >= 15 is 0 Å². The number of fused-ring (bicyclic) bond motifs is 1. The number of carbonyl (C=O) groups is 1. The Morgan fingerprint density at radius 2 is 1.91 bits per heavy atom. The Hall–Kier alpha value is -2.63. The average Bonchev–Trinajstić information content (AvgIpc) is 3.21. The molecule has 0 bridgehead atoms. The van der Waals surface area contributed by atoms with Crippen LogP contribution < -0.4 is 9.46 Å². The number of hydrogen-bond acceptors (Lipinski definition) is 7. The number of nitrogens with one attached hydrogen (secondary N) is 1. The summed E-state index contributed by atoms with van der Waals surface area (Å²) in [6, 6.07) is 4.73. The average molecular weight is 480 g/mol. The monoisotopic (exact) mass is 479 g/mol. The standard InChI is InChI=1S/C22H33N5O5S/c1-15-10-26(4)16(2)13-32-19-9-17(24-33(29,30)21-12-25(3)14-23-21)7-8-18(19)22(28)27(5)11-20(15)31-6/h7-9,12,14-16,20,24H,10-11,13H2,1-6H3/t15-,16-,20-/m0/s1. The van der Waals surface area contributed by atoms with Crippen molar-refractivity contribution in [2.45, 2.75) is 31.0 Å². The molecule has 3 atom stereocenters. The zero-order chi connectivity index (χ0) is 24.3. The number of amides is 1. The molecule has 0 spiro atoms. The third-order valence-corrected chi connectivity index (χ3v) is 7.23. The van der Waals surface area contributed by atoms with Gasteiger partial charge in [-0.05, 0) is 32.0 Å². The largest absolute Gasteiger partial charge is 0.491 e. The molecule has 182 valence electrons. The fraction of sp³-hybridized carbons (Fsp3) is 0.545. The van der Waals surface area contributed by atoms with Gasteiger partial charge in [-0.3, -0.25) is 14.4 Å². The van der Waals surface area contributed by atoms with Gasteiger partial charge < -0.3 is 18.9 Å². The number of aromatic nitrogens is 2. The molecule has 0 unspecified atom stereocenters. The van der Waals surface area contributed by atoms with Crippen molar-refractivity contribution in [3.8, 4) is 5.75 Å². The molecule has 0 saturated heterocycles. The number of hydrogen-bond donors (Lipinski definition) is 1. The minimum atomic E-state index is -3.88. The van der Waals surface area contributed by atoms with Crippen molar-refractivity contribution < 1.29 is 22.7 Å². The predicted octanol–water partition coefficient (Wildman–Crippen LogP) is 1.66. The second-order valence-electron chi connectivity index (χ2n) is 8.73. The molecule has 0 aliphatic carbocycles. The van der Waals surface area contributed by atoms with E-state index in [0.717, 1.165) is 6.54 Å². The number of imidazole rings is 1. The van der Waals surface area contributed by atoms with E-state index < -0.39 is 10.0 Å². The molecule has 33 heavy (non-hydrogen) atoms. The lowest BCUT2D eigenvalue weighted by Crippen LogP contribution is -2.45. The Labute approximate surface area is 195 Å². The van der Waals surface area contributed by atoms with Gasteiger partial charge in [0.05, 0.1) is 23.7 Å². The van der Waals surface area contributed by atoms with E-state index in [2.05, 4.69) is 21.5 Å². The summed E-state index contributed by atoms with van der Waals surface area (Å²) < 4.78 is 41.1. The molecule has 2 heterocycles. The molecule has 2 aromatic rings. The van der Waals surface area contributed by atoms with Crippen LogP contribution in [0, 0.1) is 5.92 Å². The van der Waals surface area contributed by atoms with Gasteiger partial charge in [0.2, 0.25) is 0 Å². The van der Waals surface area contributed by atoms with Crippen molar-refractivity contribution in [1.82, 2.24) is 19.4 Å². The van der Waals surface area contributed by atoms with Crippen LogP contribution in [0.1, 0.15) is 24.2 Å². The Kier molecular flexibility index (Phi) is 7.65. The summed E-state index contributed by atoms with van der Waals surface area (Å²) in [6.07, 6.45) is 2.70. The minimum Gasteiger partial charge on any atom is -0.491 e. The topological polar surface area (TPSA) is 106 Å². The summed E-state index contributed by atoms with van der Waals surface area (Å²) in [5, 5.41) is -0.0931. The van der Waals surface area contributed by atoms with Crippen molar-refractivity contribution >= 4 is 21.6 Å². The third-order valence-electron chi connectivity index (χ3n) is 5.97. The number of rotatable bonds is 4. The maximum Gasteiger partial charge on any atom is 0.280 e. The smallest absolute Gasteiger partial charge is 0.280 e. The molecule has 0 radical (unpaired) electrons. The van der Waals surface area contributed by atoms with Crippen LogP contribution >= 0.6 is 0 Å². The van der Waals surface area contributed by atoms with Gasteiger partial charge >= 0.3 is 0 Å². The highest BCUT2D eigenvalue weighted by Gasteiger charge is 2.27. The van der Waals surface area contributed by atoms with Crippen molar-refractivity contribution in [1.29, 1.82) is 0 Å². The SMILES string of the molecule is CO[C@H]1CN(C)C(=O)c2ccc(NS(=O)(=O)c3cn(C)cn3)cc2OC[C@H](C)N(C)C[C@@H]1C. The van der Waals surface area contributed by atoms with Gasteiger partial charge in [-0.2, -0.15) is 8.42 Å². The Morgan fingerprint density at radius 1 is 1.18 bits per heavy atom. The number of likely N-dealkylation sites (N-methyl/N-ethyl adjacent to an activating group) is 2. The van der Waals surface area contributed by atoms with Crippen LogP contribution in [0.3, 0.4) is 0 Å². The zero-order valence-corrected chi connectivity index (χ0v) is 20.8. The number of aryl methyl sites for hydroxylation is 1. The summed E-state index contributed by atoms with van der Waals surface area (Å²) in [5.74, 6) is 0.302. The highest BCUT2D eigenvalue weighted by Crippen LogP contribution is 2.27. The van der Waals surface area contributed by atoms with Crippen LogP contribution in [-0.4, -0.2) is 86.7 Å². The number of carbonyl (C=O) groups excluding carboxylic acids is 1. The molecular formula is C22H33N5O5S. The number of methoxy groups -OCH3 is 1. The lowest BCUT2D eigenvalue weighted by molar-refractivity contribution is 0.0150. The van der Waals surface area contributed by atoms with Gasteiger partial charge in [0.25, 0.3) is 15.9 Å². The van der Waals surface area contributed by atoms with Crippen molar-refractivity contribution in [2.75, 3.05) is 45.6 Å². The molecule has 1 aliphatic rings. The summed E-state index contributed by atoms with van der Waals surface area (Å²) in [4.78, 5) is 20.9. The Balaban J connectivity index is 1.94. The van der Waals surface area contributed by atoms with Crippen molar-refractivity contribution in [2.24, 2.45) is 13.0 Å². The zero-order valence-electron chi connectivity index (χ0n) is 20.0. The lowest BCUT2D eigenvalue weighted by Gasteiger charge is -2.34. The maximum absolute atomic E-state index is 13.2. The molecule has 11 heteroatoms. The summed E-state index contributed by atoms with van der Waals surface area (Å²) >= 11 is 0. The van der Waals surface area contributed by atoms with Crippen molar-refractivity contribution in [3.63, 3.8) is 0 Å². The number of ether oxygens (including phenoxy) is 2. The highest BCUT2D eigenvalue weighted by molar-refractivity contribution is 7.92. The van der Waals surface area contributed by atoms with Gasteiger partial charge in [0, 0.05) is 52.6 Å². The molecule has 1 aromatic carbocycles. The van der Waals surface area contributed by atoms with Crippen LogP contribution in [0.2, 0.25) is 0 Å². The first-order chi connectivity index (χ1) is 15.5. The third kappa shape index (κ3) is 5.84. The Morgan fingerprint density at radius 3 is 2.55 bits per heavy atom. The van der Waals surface area contributed by atoms with E-state index in [9.17, 15) is 13.2 Å². The lowest BCUT2D eigenvalue weighted by atomic mass is 10.0. The highest BCUT2D eigenvalue weighted by atomic mass is 32.2. The fourth-order valence-corrected chi connectivity index (χ4v) is 4.78. The Bertz CT molecular complexity index is 1090. The molecule has 1 N–H and O–H groups in total. The van der Waals surface area contributed by atoms with E-state index in [4.69, 9.17) is 9.47 Å². The molecule has 3 rings (SSSR count). The first-order valence-corrected chi connectivity index (χ1v) is 12.3. The van der Waals surface area contributed by atoms with Crippen LogP contribution in [-0.2, 0) is 21.8 Å². The van der Waals surface area contributed by atoms with Gasteiger partial charge in [-0.1, -0.05) is 6.92 Å². The second kappa shape index (κ2) is 10.1. The predicted molar refractivity (Wildman–Crippen MR) is 125 cm³/mol. The van der Waals surface area contributed by atoms with Crippen LogP contribution in [0.15, 0.2) is 35.7 Å². The van der Waals surface area contributed by atoms with E-state index in [1.54, 1.807) is 42.8 Å². The van der Waals surface area contributed by atoms with Crippen LogP contribution in [0.5, 0.6) is 5.75 Å². The molecule has 10 nitrogen and oxygen atoms in total. The van der Waals surface area contributed by atoms with E-state index in [0.29, 0.717) is 24.5 Å². The number of nitrogens with zero attached hydrogens (tertiary/aromatic N) is 4. The number of sulfonamides is 1. The van der Waals surface area contributed by atoms with Crippen LogP contribution in [0.25, 0.3) is 0 Å². The normalized spacial score (nSPS) is 23.3. The van der Waals surface area contributed by atoms with Gasteiger partial charge in [0.1, 0.15) is 12.4 Å². The molecular weight excluding hydrogens is 446 g/mol. The summed E-state index contributed by atoms with van der Waals surface area (Å²) in [5.41, 5.74) is 0.641. The molecule has 1 amide bonds. The quantitative estimate of drug-likeness (QED) is 0.711. The molecule has 1 aliphatic heterocycles. The van der Waals surface area contributed by atoms with E-state index in [-0.39, 0.29) is 34.7 Å².